The van der Waals surface area contributed by atoms with Gasteiger partial charge in [0.1, 0.15) is 0 Å². The van der Waals surface area contributed by atoms with Gasteiger partial charge < -0.3 is 9.72 Å². The molecule has 0 saturated heterocycles. The molecule has 19 heavy (non-hydrogen) atoms. The van der Waals surface area contributed by atoms with Gasteiger partial charge in [-0.15, -0.1) is 0 Å². The molecule has 104 valence electrons. The fourth-order valence-electron chi connectivity index (χ4n) is 2.73. The first-order valence-electron chi connectivity index (χ1n) is 6.81. The first-order chi connectivity index (χ1) is 8.93. The zero-order valence-corrected chi connectivity index (χ0v) is 11.8. The SMILES string of the molecule is CCOC(=O)CCc1c[nH]c2c1C(=O)CC(C)(C)C2. The number of fused-ring (bicyclic) bond motifs is 1. The number of carbonyl (C=O) groups is 2. The smallest absolute Gasteiger partial charge is 0.306 e. The Morgan fingerprint density at radius 1 is 1.42 bits per heavy atom. The summed E-state index contributed by atoms with van der Waals surface area (Å²) >= 11 is 0. The third-order valence-corrected chi connectivity index (χ3v) is 3.52. The van der Waals surface area contributed by atoms with Crippen molar-refractivity contribution in [1.29, 1.82) is 0 Å². The first-order valence-corrected chi connectivity index (χ1v) is 6.81. The molecular formula is C15H21NO3. The molecule has 0 radical (unpaired) electrons. The second kappa shape index (κ2) is 5.19. The molecule has 2 rings (SSSR count). The van der Waals surface area contributed by atoms with Crippen LogP contribution in [0.2, 0.25) is 0 Å². The summed E-state index contributed by atoms with van der Waals surface area (Å²) in [6.45, 7) is 6.40. The Morgan fingerprint density at radius 3 is 2.84 bits per heavy atom. The normalized spacial score (nSPS) is 17.1. The highest BCUT2D eigenvalue weighted by Gasteiger charge is 2.33. The minimum absolute atomic E-state index is 0.0212. The van der Waals surface area contributed by atoms with E-state index in [1.54, 1.807) is 6.92 Å². The van der Waals surface area contributed by atoms with E-state index in [1.807, 2.05) is 6.20 Å². The average molecular weight is 263 g/mol. The Kier molecular flexibility index (Phi) is 3.78. The van der Waals surface area contributed by atoms with Crippen molar-refractivity contribution in [2.75, 3.05) is 6.61 Å². The molecule has 0 unspecified atom stereocenters. The summed E-state index contributed by atoms with van der Waals surface area (Å²) in [5, 5.41) is 0. The van der Waals surface area contributed by atoms with Crippen molar-refractivity contribution in [2.24, 2.45) is 5.41 Å². The third-order valence-electron chi connectivity index (χ3n) is 3.52. The van der Waals surface area contributed by atoms with Gasteiger partial charge in [0, 0.05) is 30.3 Å². The summed E-state index contributed by atoms with van der Waals surface area (Å²) in [7, 11) is 0. The van der Waals surface area contributed by atoms with Crippen LogP contribution in [0, 0.1) is 5.41 Å². The van der Waals surface area contributed by atoms with Gasteiger partial charge in [0.25, 0.3) is 0 Å². The van der Waals surface area contributed by atoms with Gasteiger partial charge in [-0.1, -0.05) is 13.8 Å². The zero-order chi connectivity index (χ0) is 14.0. The van der Waals surface area contributed by atoms with E-state index >= 15 is 0 Å². The van der Waals surface area contributed by atoms with Crippen LogP contribution in [0.25, 0.3) is 0 Å². The van der Waals surface area contributed by atoms with Gasteiger partial charge in [-0.05, 0) is 30.7 Å². The molecule has 4 heteroatoms. The number of Topliss-reactive ketones (excluding diaryl/α,β-unsaturated/α-hetero) is 1. The molecule has 1 N–H and O–H groups in total. The Labute approximate surface area is 113 Å². The zero-order valence-electron chi connectivity index (χ0n) is 11.8. The van der Waals surface area contributed by atoms with Gasteiger partial charge in [0.15, 0.2) is 5.78 Å². The standard InChI is InChI=1S/C15H21NO3/c1-4-19-13(18)6-5-10-9-16-11-7-15(2,3)8-12(17)14(10)11/h9,16H,4-8H2,1-3H3. The Balaban J connectivity index is 2.11. The first kappa shape index (κ1) is 13.8. The lowest BCUT2D eigenvalue weighted by Crippen LogP contribution is -2.27. The topological polar surface area (TPSA) is 59.2 Å². The van der Waals surface area contributed by atoms with Crippen molar-refractivity contribution in [3.63, 3.8) is 0 Å². The summed E-state index contributed by atoms with van der Waals surface area (Å²) in [5.74, 6) is -0.0209. The second-order valence-corrected chi connectivity index (χ2v) is 5.91. The summed E-state index contributed by atoms with van der Waals surface area (Å²) in [5.41, 5.74) is 2.79. The molecule has 0 aromatic carbocycles. The Bertz CT molecular complexity index is 499. The van der Waals surface area contributed by atoms with E-state index in [1.165, 1.54) is 0 Å². The van der Waals surface area contributed by atoms with Crippen LogP contribution in [-0.4, -0.2) is 23.3 Å². The van der Waals surface area contributed by atoms with Crippen LogP contribution in [0.15, 0.2) is 6.20 Å². The molecule has 0 aliphatic heterocycles. The van der Waals surface area contributed by atoms with Crippen LogP contribution in [0.3, 0.4) is 0 Å². The maximum atomic E-state index is 12.2. The predicted molar refractivity (Wildman–Crippen MR) is 72.2 cm³/mol. The lowest BCUT2D eigenvalue weighted by molar-refractivity contribution is -0.143. The quantitative estimate of drug-likeness (QED) is 0.850. The molecule has 4 nitrogen and oxygen atoms in total. The second-order valence-electron chi connectivity index (χ2n) is 5.91. The number of rotatable bonds is 4. The number of hydrogen-bond acceptors (Lipinski definition) is 3. The molecule has 1 aromatic rings. The molecule has 1 aromatic heterocycles. The van der Waals surface area contributed by atoms with Crippen LogP contribution >= 0.6 is 0 Å². The largest absolute Gasteiger partial charge is 0.466 e. The minimum Gasteiger partial charge on any atom is -0.466 e. The number of hydrogen-bond donors (Lipinski definition) is 1. The fraction of sp³-hybridized carbons (Fsp3) is 0.600. The van der Waals surface area contributed by atoms with Gasteiger partial charge in [-0.2, -0.15) is 0 Å². The number of ether oxygens (including phenoxy) is 1. The van der Waals surface area contributed by atoms with Crippen molar-refractivity contribution in [3.8, 4) is 0 Å². The van der Waals surface area contributed by atoms with Crippen molar-refractivity contribution in [2.45, 2.75) is 46.5 Å². The monoisotopic (exact) mass is 263 g/mol. The summed E-state index contributed by atoms with van der Waals surface area (Å²) < 4.78 is 4.91. The molecule has 0 spiro atoms. The highest BCUT2D eigenvalue weighted by atomic mass is 16.5. The number of nitrogens with one attached hydrogen (secondary N) is 1. The molecule has 0 atom stereocenters. The summed E-state index contributed by atoms with van der Waals surface area (Å²) in [4.78, 5) is 26.8. The van der Waals surface area contributed by atoms with Gasteiger partial charge in [0.2, 0.25) is 0 Å². The number of aromatic amines is 1. The van der Waals surface area contributed by atoms with E-state index in [2.05, 4.69) is 18.8 Å². The van der Waals surface area contributed by atoms with Crippen molar-refractivity contribution in [1.82, 2.24) is 4.98 Å². The van der Waals surface area contributed by atoms with E-state index in [0.29, 0.717) is 25.9 Å². The lowest BCUT2D eigenvalue weighted by atomic mass is 9.75. The number of aryl methyl sites for hydroxylation is 1. The van der Waals surface area contributed by atoms with Crippen LogP contribution in [-0.2, 0) is 22.4 Å². The lowest BCUT2D eigenvalue weighted by Gasteiger charge is -2.28. The molecule has 0 bridgehead atoms. The number of esters is 1. The maximum absolute atomic E-state index is 12.2. The molecular weight excluding hydrogens is 242 g/mol. The molecule has 1 heterocycles. The van der Waals surface area contributed by atoms with E-state index in [0.717, 1.165) is 23.2 Å². The minimum atomic E-state index is -0.207. The van der Waals surface area contributed by atoms with Gasteiger partial charge >= 0.3 is 5.97 Å². The molecule has 0 saturated carbocycles. The van der Waals surface area contributed by atoms with E-state index < -0.39 is 0 Å². The molecule has 1 aliphatic carbocycles. The number of H-pyrrole nitrogens is 1. The predicted octanol–water partition coefficient (Wildman–Crippen LogP) is 2.67. The van der Waals surface area contributed by atoms with Crippen LogP contribution in [0.5, 0.6) is 0 Å². The van der Waals surface area contributed by atoms with Crippen LogP contribution in [0.1, 0.15) is 55.2 Å². The summed E-state index contributed by atoms with van der Waals surface area (Å²) in [6, 6.07) is 0. The fourth-order valence-corrected chi connectivity index (χ4v) is 2.73. The molecule has 1 aliphatic rings. The van der Waals surface area contributed by atoms with Crippen molar-refractivity contribution in [3.05, 3.63) is 23.0 Å². The van der Waals surface area contributed by atoms with Crippen LogP contribution in [0.4, 0.5) is 0 Å². The number of carbonyl (C=O) groups excluding carboxylic acids is 2. The maximum Gasteiger partial charge on any atom is 0.306 e. The Hall–Kier alpha value is -1.58. The highest BCUT2D eigenvalue weighted by Crippen LogP contribution is 2.35. The van der Waals surface area contributed by atoms with E-state index in [4.69, 9.17) is 4.74 Å². The van der Waals surface area contributed by atoms with Gasteiger partial charge in [-0.3, -0.25) is 9.59 Å². The Morgan fingerprint density at radius 2 is 2.16 bits per heavy atom. The number of aromatic nitrogens is 1. The molecule has 0 fully saturated rings. The van der Waals surface area contributed by atoms with Gasteiger partial charge in [0.05, 0.1) is 6.61 Å². The van der Waals surface area contributed by atoms with Gasteiger partial charge in [-0.25, -0.2) is 0 Å². The van der Waals surface area contributed by atoms with E-state index in [-0.39, 0.29) is 17.2 Å². The van der Waals surface area contributed by atoms with Crippen LogP contribution < -0.4 is 0 Å². The molecule has 0 amide bonds. The average Bonchev–Trinajstić information content (AvgIpc) is 2.68. The van der Waals surface area contributed by atoms with E-state index in [9.17, 15) is 9.59 Å². The summed E-state index contributed by atoms with van der Waals surface area (Å²) in [6.07, 6.45) is 4.21. The van der Waals surface area contributed by atoms with Crippen molar-refractivity contribution < 1.29 is 14.3 Å². The highest BCUT2D eigenvalue weighted by molar-refractivity contribution is 6.00. The number of ketones is 1. The van der Waals surface area contributed by atoms with Crippen molar-refractivity contribution >= 4 is 11.8 Å². The third kappa shape index (κ3) is 3.06.